The number of nitrogens with zero attached hydrogens (tertiary/aromatic N) is 2. The Labute approximate surface area is 127 Å². The Hall–Kier alpha value is -1.10. The van der Waals surface area contributed by atoms with Crippen molar-refractivity contribution in [2.75, 3.05) is 32.7 Å². The topological polar surface area (TPSA) is 66.6 Å². The summed E-state index contributed by atoms with van der Waals surface area (Å²) in [4.78, 5) is 28.5. The van der Waals surface area contributed by atoms with E-state index in [1.54, 1.807) is 0 Å². The van der Waals surface area contributed by atoms with E-state index in [0.717, 1.165) is 19.3 Å². The molecule has 0 aromatic carbocycles. The van der Waals surface area contributed by atoms with Crippen LogP contribution in [0.3, 0.4) is 0 Å². The predicted octanol–water partition coefficient (Wildman–Crippen LogP) is 1.08. The number of carbonyl (C=O) groups excluding carboxylic acids is 2. The summed E-state index contributed by atoms with van der Waals surface area (Å²) < 4.78 is 0. The minimum Gasteiger partial charge on any atom is -0.339 e. The first-order chi connectivity index (χ1) is 10.0. The summed E-state index contributed by atoms with van der Waals surface area (Å²) in [5, 5.41) is 0. The Morgan fingerprint density at radius 1 is 1.05 bits per heavy atom. The van der Waals surface area contributed by atoms with E-state index in [-0.39, 0.29) is 23.7 Å². The van der Waals surface area contributed by atoms with Crippen molar-refractivity contribution in [3.05, 3.63) is 0 Å². The minimum absolute atomic E-state index is 0.0345. The molecule has 1 aliphatic heterocycles. The van der Waals surface area contributed by atoms with Crippen LogP contribution in [0.5, 0.6) is 0 Å². The SMILES string of the molecule is CC(C)C(=O)N1CCN(C(=O)C2CCCCC2CN)CC1. The van der Waals surface area contributed by atoms with Crippen LogP contribution in [0.2, 0.25) is 0 Å². The van der Waals surface area contributed by atoms with Crippen LogP contribution in [-0.4, -0.2) is 54.3 Å². The molecule has 1 heterocycles. The van der Waals surface area contributed by atoms with E-state index in [0.29, 0.717) is 38.6 Å². The van der Waals surface area contributed by atoms with Crippen LogP contribution in [0.25, 0.3) is 0 Å². The summed E-state index contributed by atoms with van der Waals surface area (Å²) >= 11 is 0. The first-order valence-corrected chi connectivity index (χ1v) is 8.32. The zero-order valence-electron chi connectivity index (χ0n) is 13.4. The molecule has 0 aromatic heterocycles. The highest BCUT2D eigenvalue weighted by Gasteiger charge is 2.34. The van der Waals surface area contributed by atoms with Gasteiger partial charge in [-0.3, -0.25) is 9.59 Å². The van der Waals surface area contributed by atoms with E-state index in [1.807, 2.05) is 23.6 Å². The largest absolute Gasteiger partial charge is 0.339 e. The standard InChI is InChI=1S/C16H29N3O2/c1-12(2)15(20)18-7-9-19(10-8-18)16(21)14-6-4-3-5-13(14)11-17/h12-14H,3-11,17H2,1-2H3. The van der Waals surface area contributed by atoms with Crippen molar-refractivity contribution in [2.45, 2.75) is 39.5 Å². The van der Waals surface area contributed by atoms with Gasteiger partial charge in [0.15, 0.2) is 0 Å². The molecule has 0 aromatic rings. The lowest BCUT2D eigenvalue weighted by molar-refractivity contribution is -0.145. The van der Waals surface area contributed by atoms with E-state index in [4.69, 9.17) is 5.73 Å². The summed E-state index contributed by atoms with van der Waals surface area (Å²) in [6, 6.07) is 0. The highest BCUT2D eigenvalue weighted by Crippen LogP contribution is 2.31. The molecule has 1 aliphatic carbocycles. The van der Waals surface area contributed by atoms with Gasteiger partial charge in [-0.05, 0) is 25.3 Å². The van der Waals surface area contributed by atoms with Gasteiger partial charge in [0.05, 0.1) is 0 Å². The number of amides is 2. The number of rotatable bonds is 3. The summed E-state index contributed by atoms with van der Waals surface area (Å²) in [5.41, 5.74) is 5.83. The van der Waals surface area contributed by atoms with Crippen molar-refractivity contribution in [1.29, 1.82) is 0 Å². The fraction of sp³-hybridized carbons (Fsp3) is 0.875. The van der Waals surface area contributed by atoms with E-state index < -0.39 is 0 Å². The van der Waals surface area contributed by atoms with Crippen molar-refractivity contribution in [1.82, 2.24) is 9.80 Å². The molecule has 2 amide bonds. The van der Waals surface area contributed by atoms with Crippen LogP contribution in [0.15, 0.2) is 0 Å². The molecule has 2 aliphatic rings. The second-order valence-corrected chi connectivity index (χ2v) is 6.69. The van der Waals surface area contributed by atoms with E-state index in [1.165, 1.54) is 6.42 Å². The average molecular weight is 295 g/mol. The number of carbonyl (C=O) groups is 2. The third-order valence-electron chi connectivity index (χ3n) is 4.93. The lowest BCUT2D eigenvalue weighted by Gasteiger charge is -2.39. The van der Waals surface area contributed by atoms with Crippen LogP contribution in [0, 0.1) is 17.8 Å². The Kier molecular flexibility index (Phi) is 5.62. The van der Waals surface area contributed by atoms with Gasteiger partial charge in [-0.1, -0.05) is 26.7 Å². The summed E-state index contributed by atoms with van der Waals surface area (Å²) in [5.74, 6) is 0.950. The Bertz CT molecular complexity index is 376. The second kappa shape index (κ2) is 7.25. The second-order valence-electron chi connectivity index (χ2n) is 6.69. The smallest absolute Gasteiger partial charge is 0.226 e. The number of piperazine rings is 1. The van der Waals surface area contributed by atoms with E-state index in [2.05, 4.69) is 0 Å². The van der Waals surface area contributed by atoms with Crippen molar-refractivity contribution in [2.24, 2.45) is 23.5 Å². The minimum atomic E-state index is 0.0345. The lowest BCUT2D eigenvalue weighted by Crippen LogP contribution is -2.53. The highest BCUT2D eigenvalue weighted by atomic mass is 16.2. The summed E-state index contributed by atoms with van der Waals surface area (Å²) in [6.07, 6.45) is 4.39. The quantitative estimate of drug-likeness (QED) is 0.847. The van der Waals surface area contributed by atoms with Crippen LogP contribution >= 0.6 is 0 Å². The molecule has 2 fully saturated rings. The third kappa shape index (κ3) is 3.76. The lowest BCUT2D eigenvalue weighted by atomic mass is 9.78. The third-order valence-corrected chi connectivity index (χ3v) is 4.93. The zero-order chi connectivity index (χ0) is 15.4. The molecule has 120 valence electrons. The fourth-order valence-electron chi connectivity index (χ4n) is 3.56. The Morgan fingerprint density at radius 3 is 2.19 bits per heavy atom. The van der Waals surface area contributed by atoms with Crippen molar-refractivity contribution >= 4 is 11.8 Å². The molecule has 5 nitrogen and oxygen atoms in total. The molecular formula is C16H29N3O2. The van der Waals surface area contributed by atoms with Gasteiger partial charge in [0.25, 0.3) is 0 Å². The van der Waals surface area contributed by atoms with Crippen molar-refractivity contribution in [3.8, 4) is 0 Å². The first kappa shape index (κ1) is 16.3. The van der Waals surface area contributed by atoms with Crippen LogP contribution in [0.1, 0.15) is 39.5 Å². The molecule has 0 spiro atoms. The van der Waals surface area contributed by atoms with E-state index in [9.17, 15) is 9.59 Å². The van der Waals surface area contributed by atoms with Crippen molar-refractivity contribution in [3.63, 3.8) is 0 Å². The molecule has 1 saturated carbocycles. The molecular weight excluding hydrogens is 266 g/mol. The molecule has 2 atom stereocenters. The van der Waals surface area contributed by atoms with Gasteiger partial charge in [0.2, 0.25) is 11.8 Å². The van der Waals surface area contributed by atoms with Gasteiger partial charge in [0.1, 0.15) is 0 Å². The molecule has 0 radical (unpaired) electrons. The highest BCUT2D eigenvalue weighted by molar-refractivity contribution is 5.81. The summed E-state index contributed by atoms with van der Waals surface area (Å²) in [6.45, 7) is 7.14. The van der Waals surface area contributed by atoms with Gasteiger partial charge < -0.3 is 15.5 Å². The normalized spacial score (nSPS) is 27.0. The van der Waals surface area contributed by atoms with Crippen LogP contribution < -0.4 is 5.73 Å². The van der Waals surface area contributed by atoms with Crippen LogP contribution in [0.4, 0.5) is 0 Å². The number of hydrogen-bond donors (Lipinski definition) is 1. The Balaban J connectivity index is 1.89. The molecule has 2 N–H and O–H groups in total. The predicted molar refractivity (Wildman–Crippen MR) is 82.5 cm³/mol. The molecule has 5 heteroatoms. The van der Waals surface area contributed by atoms with Gasteiger partial charge in [0, 0.05) is 38.0 Å². The maximum absolute atomic E-state index is 12.7. The fourth-order valence-corrected chi connectivity index (χ4v) is 3.56. The van der Waals surface area contributed by atoms with Crippen molar-refractivity contribution < 1.29 is 9.59 Å². The van der Waals surface area contributed by atoms with Gasteiger partial charge in [-0.15, -0.1) is 0 Å². The van der Waals surface area contributed by atoms with Gasteiger partial charge in [-0.25, -0.2) is 0 Å². The maximum atomic E-state index is 12.7. The number of hydrogen-bond acceptors (Lipinski definition) is 3. The Morgan fingerprint density at radius 2 is 1.62 bits per heavy atom. The molecule has 2 unspecified atom stereocenters. The van der Waals surface area contributed by atoms with E-state index >= 15 is 0 Å². The van der Waals surface area contributed by atoms with Crippen LogP contribution in [-0.2, 0) is 9.59 Å². The molecule has 0 bridgehead atoms. The zero-order valence-corrected chi connectivity index (χ0v) is 13.4. The molecule has 2 rings (SSSR count). The maximum Gasteiger partial charge on any atom is 0.226 e. The molecule has 21 heavy (non-hydrogen) atoms. The molecule has 1 saturated heterocycles. The van der Waals surface area contributed by atoms with Gasteiger partial charge >= 0.3 is 0 Å². The monoisotopic (exact) mass is 295 g/mol. The number of nitrogens with two attached hydrogens (primary N) is 1. The first-order valence-electron chi connectivity index (χ1n) is 8.32. The average Bonchev–Trinajstić information content (AvgIpc) is 2.53. The summed E-state index contributed by atoms with van der Waals surface area (Å²) in [7, 11) is 0. The van der Waals surface area contributed by atoms with Gasteiger partial charge in [-0.2, -0.15) is 0 Å².